The molecule has 0 spiro atoms. The first kappa shape index (κ1) is 18.5. The fourth-order valence-corrected chi connectivity index (χ4v) is 3.77. The third kappa shape index (κ3) is 5.08. The van der Waals surface area contributed by atoms with E-state index < -0.39 is 10.0 Å². The van der Waals surface area contributed by atoms with Crippen molar-refractivity contribution in [1.82, 2.24) is 14.9 Å². The van der Waals surface area contributed by atoms with Crippen LogP contribution in [0.1, 0.15) is 36.2 Å². The Bertz CT molecular complexity index is 798. The fraction of sp³-hybridized carbons (Fsp3) is 0.400. The highest BCUT2D eigenvalue weighted by molar-refractivity contribution is 7.91. The molecule has 0 radical (unpaired) electrons. The maximum atomic E-state index is 12.1. The maximum Gasteiger partial charge on any atom is 0.269 e. The van der Waals surface area contributed by atoms with Gasteiger partial charge in [0, 0.05) is 12.1 Å². The highest BCUT2D eigenvalue weighted by Crippen LogP contribution is 2.20. The average Bonchev–Trinajstić information content (AvgIpc) is 2.96. The van der Waals surface area contributed by atoms with Gasteiger partial charge in [-0.2, -0.15) is 0 Å². The first-order valence-corrected chi connectivity index (χ1v) is 9.79. The molecule has 0 saturated heterocycles. The summed E-state index contributed by atoms with van der Waals surface area (Å²) in [6.45, 7) is 6.29. The summed E-state index contributed by atoms with van der Waals surface area (Å²) < 4.78 is 26.5. The minimum Gasteiger partial charge on any atom is -0.296 e. The standard InChI is InChI=1S/C15H20N4O3S2/c1-10(2)8-9-16-24(21,22)15-19-18-14(23-15)17-13(20)12-6-4-11(3)5-7-12/h4-7,10,16H,8-9H2,1-3H3,(H,17,18,20). The molecular formula is C15H20N4O3S2. The number of amides is 1. The van der Waals surface area contributed by atoms with E-state index in [0.717, 1.165) is 23.3 Å². The van der Waals surface area contributed by atoms with Crippen LogP contribution in [0.4, 0.5) is 5.13 Å². The van der Waals surface area contributed by atoms with Crippen LogP contribution in [-0.4, -0.2) is 31.1 Å². The number of aryl methyl sites for hydroxylation is 1. The van der Waals surface area contributed by atoms with Gasteiger partial charge in [-0.05, 0) is 31.4 Å². The first-order valence-electron chi connectivity index (χ1n) is 7.49. The number of nitrogens with zero attached hydrogens (tertiary/aromatic N) is 2. The minimum atomic E-state index is -3.70. The van der Waals surface area contributed by atoms with Crippen LogP contribution < -0.4 is 10.0 Å². The van der Waals surface area contributed by atoms with Gasteiger partial charge in [0.2, 0.25) is 9.47 Å². The van der Waals surface area contributed by atoms with Gasteiger partial charge < -0.3 is 0 Å². The van der Waals surface area contributed by atoms with Crippen LogP contribution in [0.3, 0.4) is 0 Å². The lowest BCUT2D eigenvalue weighted by Crippen LogP contribution is -2.25. The van der Waals surface area contributed by atoms with Gasteiger partial charge in [-0.15, -0.1) is 10.2 Å². The molecule has 0 aliphatic carbocycles. The molecule has 0 atom stereocenters. The molecule has 0 unspecified atom stereocenters. The lowest BCUT2D eigenvalue weighted by atomic mass is 10.1. The normalized spacial score (nSPS) is 11.7. The average molecular weight is 368 g/mol. The monoisotopic (exact) mass is 368 g/mol. The van der Waals surface area contributed by atoms with Crippen molar-refractivity contribution in [2.24, 2.45) is 5.92 Å². The summed E-state index contributed by atoms with van der Waals surface area (Å²) in [5.41, 5.74) is 1.51. The summed E-state index contributed by atoms with van der Waals surface area (Å²) in [4.78, 5) is 12.1. The Labute approximate surface area is 145 Å². The molecule has 2 N–H and O–H groups in total. The molecule has 0 saturated carbocycles. The zero-order chi connectivity index (χ0) is 17.7. The minimum absolute atomic E-state index is 0.143. The van der Waals surface area contributed by atoms with Crippen molar-refractivity contribution in [3.8, 4) is 0 Å². The molecule has 0 aliphatic rings. The zero-order valence-electron chi connectivity index (χ0n) is 13.7. The number of hydrogen-bond donors (Lipinski definition) is 2. The fourth-order valence-electron chi connectivity index (χ4n) is 1.79. The number of sulfonamides is 1. The van der Waals surface area contributed by atoms with Crippen LogP contribution in [-0.2, 0) is 10.0 Å². The summed E-state index contributed by atoms with van der Waals surface area (Å²) >= 11 is 0.820. The first-order chi connectivity index (χ1) is 11.3. The van der Waals surface area contributed by atoms with Crippen LogP contribution in [0.5, 0.6) is 0 Å². The molecule has 2 rings (SSSR count). The van der Waals surface area contributed by atoms with Gasteiger partial charge in [-0.25, -0.2) is 13.1 Å². The number of aromatic nitrogens is 2. The lowest BCUT2D eigenvalue weighted by Gasteiger charge is -2.05. The number of carbonyl (C=O) groups is 1. The quantitative estimate of drug-likeness (QED) is 0.731. The molecular weight excluding hydrogens is 348 g/mol. The predicted molar refractivity (Wildman–Crippen MR) is 93.7 cm³/mol. The Kier molecular flexibility index (Phi) is 6.03. The van der Waals surface area contributed by atoms with Crippen LogP contribution in [0.15, 0.2) is 28.6 Å². The number of carbonyl (C=O) groups excluding carboxylic acids is 1. The van der Waals surface area contributed by atoms with Crippen molar-refractivity contribution in [2.45, 2.75) is 31.5 Å². The molecule has 1 aromatic carbocycles. The Hall–Kier alpha value is -1.84. The Morgan fingerprint density at radius 1 is 1.21 bits per heavy atom. The Morgan fingerprint density at radius 2 is 1.88 bits per heavy atom. The highest BCUT2D eigenvalue weighted by Gasteiger charge is 2.20. The van der Waals surface area contributed by atoms with E-state index in [2.05, 4.69) is 20.2 Å². The second-order valence-corrected chi connectivity index (χ2v) is 8.69. The predicted octanol–water partition coefficient (Wildman–Crippen LogP) is 2.42. The van der Waals surface area contributed by atoms with Crippen molar-refractivity contribution >= 4 is 32.4 Å². The third-order valence-electron chi connectivity index (χ3n) is 3.18. The molecule has 7 nitrogen and oxygen atoms in total. The van der Waals surface area contributed by atoms with Crippen LogP contribution in [0.2, 0.25) is 0 Å². The van der Waals surface area contributed by atoms with Crippen LogP contribution in [0, 0.1) is 12.8 Å². The lowest BCUT2D eigenvalue weighted by molar-refractivity contribution is 0.102. The van der Waals surface area contributed by atoms with E-state index in [4.69, 9.17) is 0 Å². The molecule has 0 fully saturated rings. The number of benzene rings is 1. The molecule has 1 amide bonds. The summed E-state index contributed by atoms with van der Waals surface area (Å²) in [7, 11) is -3.70. The molecule has 9 heteroatoms. The highest BCUT2D eigenvalue weighted by atomic mass is 32.2. The topological polar surface area (TPSA) is 101 Å². The molecule has 2 aromatic rings. The molecule has 24 heavy (non-hydrogen) atoms. The van der Waals surface area contributed by atoms with E-state index in [-0.39, 0.29) is 15.4 Å². The van der Waals surface area contributed by atoms with E-state index >= 15 is 0 Å². The van der Waals surface area contributed by atoms with Gasteiger partial charge in [0.25, 0.3) is 15.9 Å². The van der Waals surface area contributed by atoms with Crippen molar-refractivity contribution in [3.63, 3.8) is 0 Å². The molecule has 0 bridgehead atoms. The van der Waals surface area contributed by atoms with Crippen molar-refractivity contribution in [3.05, 3.63) is 35.4 Å². The molecule has 1 heterocycles. The van der Waals surface area contributed by atoms with Gasteiger partial charge in [-0.3, -0.25) is 10.1 Å². The van der Waals surface area contributed by atoms with E-state index in [1.54, 1.807) is 12.1 Å². The Morgan fingerprint density at radius 3 is 2.50 bits per heavy atom. The number of nitrogens with one attached hydrogen (secondary N) is 2. The number of hydrogen-bond acceptors (Lipinski definition) is 6. The smallest absolute Gasteiger partial charge is 0.269 e. The number of rotatable bonds is 7. The number of anilines is 1. The SMILES string of the molecule is Cc1ccc(C(=O)Nc2nnc(S(=O)(=O)NCCC(C)C)s2)cc1. The maximum absolute atomic E-state index is 12.1. The second kappa shape index (κ2) is 7.82. The summed E-state index contributed by atoms with van der Waals surface area (Å²) in [5.74, 6) is 0.0364. The largest absolute Gasteiger partial charge is 0.296 e. The summed E-state index contributed by atoms with van der Waals surface area (Å²) in [6.07, 6.45) is 0.731. The van der Waals surface area contributed by atoms with Gasteiger partial charge >= 0.3 is 0 Å². The Balaban J connectivity index is 2.02. The van der Waals surface area contributed by atoms with Gasteiger partial charge in [0.05, 0.1) is 0 Å². The molecule has 130 valence electrons. The van der Waals surface area contributed by atoms with E-state index in [9.17, 15) is 13.2 Å². The molecule has 1 aromatic heterocycles. The van der Waals surface area contributed by atoms with Gasteiger partial charge in [-0.1, -0.05) is 42.9 Å². The summed E-state index contributed by atoms with van der Waals surface area (Å²) in [5, 5.41) is 10.1. The zero-order valence-corrected chi connectivity index (χ0v) is 15.4. The second-order valence-electron chi connectivity index (χ2n) is 5.77. The van der Waals surface area contributed by atoms with Gasteiger partial charge in [0.15, 0.2) is 0 Å². The van der Waals surface area contributed by atoms with Crippen molar-refractivity contribution in [2.75, 3.05) is 11.9 Å². The third-order valence-corrected chi connectivity index (χ3v) is 5.85. The molecule has 0 aliphatic heterocycles. The van der Waals surface area contributed by atoms with E-state index in [1.807, 2.05) is 32.9 Å². The van der Waals surface area contributed by atoms with E-state index in [1.165, 1.54) is 0 Å². The van der Waals surface area contributed by atoms with E-state index in [0.29, 0.717) is 18.0 Å². The van der Waals surface area contributed by atoms with Crippen LogP contribution >= 0.6 is 11.3 Å². The van der Waals surface area contributed by atoms with Crippen LogP contribution in [0.25, 0.3) is 0 Å². The van der Waals surface area contributed by atoms with Crippen molar-refractivity contribution in [1.29, 1.82) is 0 Å². The summed E-state index contributed by atoms with van der Waals surface area (Å²) in [6, 6.07) is 7.03. The van der Waals surface area contributed by atoms with Gasteiger partial charge in [0.1, 0.15) is 0 Å². The van der Waals surface area contributed by atoms with Crippen molar-refractivity contribution < 1.29 is 13.2 Å².